The number of hydrogen-bond donors (Lipinski definition) is 3. The highest BCUT2D eigenvalue weighted by atomic mass is 32.2. The Kier molecular flexibility index (Phi) is 10.0. The van der Waals surface area contributed by atoms with Gasteiger partial charge in [-0.25, -0.2) is 0 Å². The quantitative estimate of drug-likeness (QED) is 0.258. The van der Waals surface area contributed by atoms with Crippen molar-refractivity contribution in [2.45, 2.75) is 49.7 Å². The smallest absolute Gasteiger partial charge is 0.316 e. The number of nitrogens with one attached hydrogen (secondary N) is 2. The maximum atomic E-state index is 13.5. The number of fused-ring (bicyclic) bond motifs is 2. The molecule has 3 N–H and O–H groups in total. The molecule has 3 atom stereocenters. The Balaban J connectivity index is 1.46. The summed E-state index contributed by atoms with van der Waals surface area (Å²) in [6.45, 7) is 3.76. The van der Waals surface area contributed by atoms with Gasteiger partial charge in [-0.1, -0.05) is 68.4 Å². The van der Waals surface area contributed by atoms with Crippen LogP contribution in [-0.4, -0.2) is 69.7 Å². The number of nitrogens with zero attached hydrogens (tertiary/aromatic N) is 1. The highest BCUT2D eigenvalue weighted by Crippen LogP contribution is 2.31. The van der Waals surface area contributed by atoms with Crippen LogP contribution in [0.4, 0.5) is 0 Å². The molecule has 0 unspecified atom stereocenters. The first-order chi connectivity index (χ1) is 20.1. The number of carboxylic acid groups (broad SMARTS) is 1. The van der Waals surface area contributed by atoms with Gasteiger partial charge in [-0.3, -0.25) is 28.9 Å². The van der Waals surface area contributed by atoms with Crippen LogP contribution in [0.3, 0.4) is 0 Å². The number of thioether (sulfide) groups is 1. The largest absolute Gasteiger partial charge is 0.480 e. The van der Waals surface area contributed by atoms with Crippen molar-refractivity contribution in [3.05, 3.63) is 83.4 Å². The molecule has 3 aromatic rings. The van der Waals surface area contributed by atoms with Crippen molar-refractivity contribution in [2.24, 2.45) is 5.92 Å². The lowest BCUT2D eigenvalue weighted by atomic mass is 10.0. The van der Waals surface area contributed by atoms with Crippen molar-refractivity contribution in [3.63, 3.8) is 0 Å². The molecule has 0 aliphatic carbocycles. The summed E-state index contributed by atoms with van der Waals surface area (Å²) < 4.78 is 0. The first-order valence-electron chi connectivity index (χ1n) is 13.9. The number of aliphatic carboxylic acids is 1. The zero-order valence-electron chi connectivity index (χ0n) is 23.8. The van der Waals surface area contributed by atoms with E-state index in [-0.39, 0.29) is 31.2 Å². The Morgan fingerprint density at radius 2 is 1.43 bits per heavy atom. The molecule has 0 radical (unpaired) electrons. The van der Waals surface area contributed by atoms with Gasteiger partial charge >= 0.3 is 5.97 Å². The maximum absolute atomic E-state index is 13.5. The summed E-state index contributed by atoms with van der Waals surface area (Å²) in [6.07, 6.45) is 0.629. The van der Waals surface area contributed by atoms with Gasteiger partial charge in [-0.05, 0) is 47.2 Å². The SMILES string of the molecule is CNC(=O)[C@H](Cc1ccccc1)NC(=O)[C@@H](CC(C)C)S[C@@H](CCN1C(=O)c2cc3ccccc3cc2C1=O)C(=O)O. The minimum Gasteiger partial charge on any atom is -0.480 e. The van der Waals surface area contributed by atoms with Crippen LogP contribution in [0.2, 0.25) is 0 Å². The van der Waals surface area contributed by atoms with Crippen molar-refractivity contribution < 1.29 is 29.1 Å². The number of likely N-dealkylation sites (N-methyl/N-ethyl adjacent to an activating group) is 1. The highest BCUT2D eigenvalue weighted by molar-refractivity contribution is 8.01. The zero-order chi connectivity index (χ0) is 30.4. The topological polar surface area (TPSA) is 133 Å². The van der Waals surface area contributed by atoms with Gasteiger partial charge in [0.25, 0.3) is 11.8 Å². The van der Waals surface area contributed by atoms with Gasteiger partial charge in [-0.15, -0.1) is 11.8 Å². The average Bonchev–Trinajstić information content (AvgIpc) is 3.20. The molecular weight excluding hydrogens is 554 g/mol. The van der Waals surface area contributed by atoms with Crippen molar-refractivity contribution in [1.29, 1.82) is 0 Å². The van der Waals surface area contributed by atoms with Gasteiger partial charge in [0.05, 0.1) is 16.4 Å². The molecule has 0 aromatic heterocycles. The Bertz CT molecular complexity index is 1440. The van der Waals surface area contributed by atoms with Gasteiger partial charge in [0, 0.05) is 20.0 Å². The molecule has 0 fully saturated rings. The number of imide groups is 1. The molecule has 0 spiro atoms. The van der Waals surface area contributed by atoms with Crippen molar-refractivity contribution in [1.82, 2.24) is 15.5 Å². The number of carboxylic acids is 1. The number of rotatable bonds is 13. The molecule has 1 aliphatic rings. The van der Waals surface area contributed by atoms with E-state index in [0.29, 0.717) is 17.5 Å². The van der Waals surface area contributed by atoms with E-state index < -0.39 is 40.2 Å². The number of benzene rings is 3. The number of hydrogen-bond acceptors (Lipinski definition) is 6. The van der Waals surface area contributed by atoms with Gasteiger partial charge in [0.15, 0.2) is 0 Å². The molecule has 0 saturated heterocycles. The van der Waals surface area contributed by atoms with Gasteiger partial charge in [0.1, 0.15) is 11.3 Å². The maximum Gasteiger partial charge on any atom is 0.316 e. The molecule has 1 aliphatic heterocycles. The van der Waals surface area contributed by atoms with E-state index in [0.717, 1.165) is 33.0 Å². The fourth-order valence-corrected chi connectivity index (χ4v) is 6.47. The Hall–Kier alpha value is -4.18. The second-order valence-corrected chi connectivity index (χ2v) is 12.2. The Morgan fingerprint density at radius 1 is 0.857 bits per heavy atom. The van der Waals surface area contributed by atoms with E-state index in [1.54, 1.807) is 12.1 Å². The predicted molar refractivity (Wildman–Crippen MR) is 162 cm³/mol. The molecule has 4 amide bonds. The fourth-order valence-electron chi connectivity index (χ4n) is 5.03. The molecule has 0 bridgehead atoms. The minimum atomic E-state index is -1.14. The molecule has 42 heavy (non-hydrogen) atoms. The summed E-state index contributed by atoms with van der Waals surface area (Å²) in [6, 6.07) is 19.3. The second kappa shape index (κ2) is 13.7. The lowest BCUT2D eigenvalue weighted by Gasteiger charge is -2.25. The van der Waals surface area contributed by atoms with Crippen molar-refractivity contribution >= 4 is 52.1 Å². The third kappa shape index (κ3) is 7.17. The summed E-state index contributed by atoms with van der Waals surface area (Å²) in [7, 11) is 1.50. The van der Waals surface area contributed by atoms with E-state index >= 15 is 0 Å². The summed E-state index contributed by atoms with van der Waals surface area (Å²) in [4.78, 5) is 65.7. The molecule has 9 nitrogen and oxygen atoms in total. The van der Waals surface area contributed by atoms with E-state index in [9.17, 15) is 29.1 Å². The minimum absolute atomic E-state index is 0.0320. The van der Waals surface area contributed by atoms with Gasteiger partial charge in [0.2, 0.25) is 11.8 Å². The van der Waals surface area contributed by atoms with Crippen LogP contribution in [0.1, 0.15) is 53.0 Å². The van der Waals surface area contributed by atoms with Crippen LogP contribution >= 0.6 is 11.8 Å². The van der Waals surface area contributed by atoms with Gasteiger partial charge < -0.3 is 15.7 Å². The van der Waals surface area contributed by atoms with Crippen molar-refractivity contribution in [3.8, 4) is 0 Å². The van der Waals surface area contributed by atoms with Crippen molar-refractivity contribution in [2.75, 3.05) is 13.6 Å². The monoisotopic (exact) mass is 589 g/mol. The zero-order valence-corrected chi connectivity index (χ0v) is 24.6. The Labute approximate surface area is 249 Å². The van der Waals surface area contributed by atoms with Gasteiger partial charge in [-0.2, -0.15) is 0 Å². The standard InChI is InChI=1S/C32H35N3O6S/c1-19(2)15-27(29(37)34-25(28(36)33-3)16-20-9-5-4-6-10-20)42-26(32(40)41)13-14-35-30(38)23-17-21-11-7-8-12-22(21)18-24(23)31(35)39/h4-12,17-19,25-27H,13-16H2,1-3H3,(H,33,36)(H,34,37)(H,40,41)/t25-,26-,27+/m0/s1. The summed E-state index contributed by atoms with van der Waals surface area (Å²) >= 11 is 0.981. The van der Waals surface area contributed by atoms with Crippen LogP contribution in [0.5, 0.6) is 0 Å². The first kappa shape index (κ1) is 30.8. The second-order valence-electron chi connectivity index (χ2n) is 10.7. The Morgan fingerprint density at radius 3 is 1.95 bits per heavy atom. The van der Waals surface area contributed by atoms with Crippen LogP contribution in [0.15, 0.2) is 66.7 Å². The van der Waals surface area contributed by atoms with E-state index in [4.69, 9.17) is 0 Å². The third-order valence-electron chi connectivity index (χ3n) is 7.20. The lowest BCUT2D eigenvalue weighted by molar-refractivity contribution is -0.136. The van der Waals surface area contributed by atoms with E-state index in [1.807, 2.05) is 68.4 Å². The van der Waals surface area contributed by atoms with Crippen LogP contribution in [0, 0.1) is 5.92 Å². The molecule has 10 heteroatoms. The van der Waals surface area contributed by atoms with E-state index in [1.165, 1.54) is 7.05 Å². The van der Waals surface area contributed by atoms with Crippen LogP contribution in [-0.2, 0) is 20.8 Å². The highest BCUT2D eigenvalue weighted by Gasteiger charge is 2.37. The first-order valence-corrected chi connectivity index (χ1v) is 14.9. The average molecular weight is 590 g/mol. The molecule has 3 aromatic carbocycles. The summed E-state index contributed by atoms with van der Waals surface area (Å²) in [5, 5.41) is 15.3. The lowest BCUT2D eigenvalue weighted by Crippen LogP contribution is -2.50. The number of amides is 4. The molecular formula is C32H35N3O6S. The fraction of sp³-hybridized carbons (Fsp3) is 0.344. The number of carbonyl (C=O) groups is 5. The van der Waals surface area contributed by atoms with Crippen LogP contribution < -0.4 is 10.6 Å². The molecule has 1 heterocycles. The number of carbonyl (C=O) groups excluding carboxylic acids is 4. The molecule has 0 saturated carbocycles. The predicted octanol–water partition coefficient (Wildman–Crippen LogP) is 3.90. The third-order valence-corrected chi connectivity index (χ3v) is 8.70. The van der Waals surface area contributed by atoms with E-state index in [2.05, 4.69) is 10.6 Å². The molecule has 220 valence electrons. The normalized spacial score (nSPS) is 14.9. The summed E-state index contributed by atoms with van der Waals surface area (Å²) in [5.74, 6) is -2.77. The summed E-state index contributed by atoms with van der Waals surface area (Å²) in [5.41, 5.74) is 1.47. The molecule has 4 rings (SSSR count). The van der Waals surface area contributed by atoms with Crippen LogP contribution in [0.25, 0.3) is 10.8 Å².